The minimum Gasteiger partial charge on any atom is -0.477 e. The Morgan fingerprint density at radius 1 is 1.33 bits per heavy atom. The fourth-order valence-corrected chi connectivity index (χ4v) is 2.08. The maximum absolute atomic E-state index is 12.4. The van der Waals surface area contributed by atoms with Crippen molar-refractivity contribution in [3.8, 4) is 5.75 Å². The van der Waals surface area contributed by atoms with Crippen LogP contribution in [0.1, 0.15) is 29.0 Å². The summed E-state index contributed by atoms with van der Waals surface area (Å²) in [4.78, 5) is 23.4. The number of hydrogen-bond acceptors (Lipinski definition) is 4. The number of carboxylic acid groups (broad SMARTS) is 1. The Bertz CT molecular complexity index is 761. The van der Waals surface area contributed by atoms with E-state index in [0.29, 0.717) is 0 Å². The molecule has 0 saturated carbocycles. The van der Waals surface area contributed by atoms with Gasteiger partial charge < -0.3 is 15.2 Å². The molecule has 1 atom stereocenters. The molecule has 128 valence electrons. The predicted molar refractivity (Wildman–Crippen MR) is 80.3 cm³/mol. The van der Waals surface area contributed by atoms with Crippen molar-refractivity contribution >= 4 is 17.6 Å². The molecule has 0 saturated heterocycles. The number of carbonyl (C=O) groups excluding carboxylic acids is 1. The quantitative estimate of drug-likeness (QED) is 0.844. The number of aromatic carboxylic acids is 1. The lowest BCUT2D eigenvalue weighted by Gasteiger charge is -2.17. The molecule has 0 aliphatic rings. The van der Waals surface area contributed by atoms with Gasteiger partial charge in [0.15, 0.2) is 0 Å². The zero-order valence-electron chi connectivity index (χ0n) is 12.9. The molecular weight excluding hydrogens is 324 g/mol. The molecule has 1 aromatic heterocycles. The predicted octanol–water partition coefficient (Wildman–Crippen LogP) is 2.69. The first-order valence-electron chi connectivity index (χ1n) is 6.92. The van der Waals surface area contributed by atoms with E-state index in [1.54, 1.807) is 13.0 Å². The number of rotatable bonds is 6. The number of carboxylic acids is 1. The number of hydrogen-bond donors (Lipinski definition) is 2. The number of ether oxygens (including phenoxy) is 1. The highest BCUT2D eigenvalue weighted by atomic mass is 19.3. The van der Waals surface area contributed by atoms with Gasteiger partial charge in [0.2, 0.25) is 5.91 Å². The molecule has 2 aromatic rings. The molecule has 0 fully saturated rings. The molecule has 0 bridgehead atoms. The average molecular weight is 339 g/mol. The van der Waals surface area contributed by atoms with Crippen LogP contribution in [0.5, 0.6) is 5.75 Å². The van der Waals surface area contributed by atoms with Gasteiger partial charge in [0.1, 0.15) is 17.5 Å². The van der Waals surface area contributed by atoms with Gasteiger partial charge in [-0.15, -0.1) is 0 Å². The summed E-state index contributed by atoms with van der Waals surface area (Å²) in [5.74, 6) is -2.04. The standard InChI is InChI=1S/C15H15F2N3O4/c1-8-3-4-12(24-15(16)17)10(7-8)19-13(21)9(2)20-11(14(22)23)5-6-18-20/h3-7,9,15H,1-2H3,(H,19,21)(H,22,23). The van der Waals surface area contributed by atoms with Crippen LogP contribution in [0, 0.1) is 6.92 Å². The third-order valence-corrected chi connectivity index (χ3v) is 3.24. The molecule has 2 N–H and O–H groups in total. The maximum atomic E-state index is 12.4. The Morgan fingerprint density at radius 2 is 2.04 bits per heavy atom. The highest BCUT2D eigenvalue weighted by molar-refractivity contribution is 5.95. The molecule has 24 heavy (non-hydrogen) atoms. The molecule has 7 nitrogen and oxygen atoms in total. The average Bonchev–Trinajstić information content (AvgIpc) is 2.98. The molecule has 2 rings (SSSR count). The summed E-state index contributed by atoms with van der Waals surface area (Å²) >= 11 is 0. The number of nitrogens with zero attached hydrogens (tertiary/aromatic N) is 2. The van der Waals surface area contributed by atoms with Gasteiger partial charge in [-0.3, -0.25) is 4.79 Å². The van der Waals surface area contributed by atoms with Crippen LogP contribution in [-0.4, -0.2) is 33.4 Å². The SMILES string of the molecule is Cc1ccc(OC(F)F)c(NC(=O)C(C)n2nccc2C(=O)O)c1. The number of carbonyl (C=O) groups is 2. The molecule has 0 spiro atoms. The Labute approximate surface area is 135 Å². The number of halogens is 2. The first-order chi connectivity index (χ1) is 11.3. The Morgan fingerprint density at radius 3 is 2.67 bits per heavy atom. The smallest absolute Gasteiger partial charge is 0.387 e. The maximum Gasteiger partial charge on any atom is 0.387 e. The molecule has 0 radical (unpaired) electrons. The lowest BCUT2D eigenvalue weighted by Crippen LogP contribution is -2.27. The van der Waals surface area contributed by atoms with E-state index in [1.807, 2.05) is 0 Å². The number of anilines is 1. The van der Waals surface area contributed by atoms with Gasteiger partial charge in [0, 0.05) is 6.20 Å². The monoisotopic (exact) mass is 339 g/mol. The molecule has 1 aromatic carbocycles. The number of alkyl halides is 2. The summed E-state index contributed by atoms with van der Waals surface area (Å²) in [7, 11) is 0. The van der Waals surface area contributed by atoms with Crippen LogP contribution in [-0.2, 0) is 4.79 Å². The van der Waals surface area contributed by atoms with E-state index >= 15 is 0 Å². The van der Waals surface area contributed by atoms with Crippen molar-refractivity contribution in [2.75, 3.05) is 5.32 Å². The largest absolute Gasteiger partial charge is 0.477 e. The van der Waals surface area contributed by atoms with Crippen LogP contribution in [0.4, 0.5) is 14.5 Å². The van der Waals surface area contributed by atoms with Gasteiger partial charge in [0.25, 0.3) is 0 Å². The van der Waals surface area contributed by atoms with E-state index in [9.17, 15) is 18.4 Å². The van der Waals surface area contributed by atoms with E-state index in [1.165, 1.54) is 31.3 Å². The molecule has 0 aliphatic carbocycles. The van der Waals surface area contributed by atoms with E-state index < -0.39 is 24.5 Å². The number of nitrogens with one attached hydrogen (secondary N) is 1. The summed E-state index contributed by atoms with van der Waals surface area (Å²) in [6.45, 7) is 0.130. The van der Waals surface area contributed by atoms with Crippen molar-refractivity contribution in [2.45, 2.75) is 26.5 Å². The first-order valence-corrected chi connectivity index (χ1v) is 6.92. The molecule has 1 amide bonds. The topological polar surface area (TPSA) is 93.5 Å². The number of aromatic nitrogens is 2. The fourth-order valence-electron chi connectivity index (χ4n) is 2.08. The van der Waals surface area contributed by atoms with E-state index in [0.717, 1.165) is 10.2 Å². The summed E-state index contributed by atoms with van der Waals surface area (Å²) < 4.78 is 30.3. The molecule has 1 heterocycles. The van der Waals surface area contributed by atoms with E-state index in [2.05, 4.69) is 15.2 Å². The van der Waals surface area contributed by atoms with Gasteiger partial charge in [-0.05, 0) is 37.6 Å². The second-order valence-corrected chi connectivity index (χ2v) is 5.01. The van der Waals surface area contributed by atoms with Crippen molar-refractivity contribution < 1.29 is 28.2 Å². The third kappa shape index (κ3) is 3.86. The number of amides is 1. The molecular formula is C15H15F2N3O4. The minimum absolute atomic E-state index is 0.0659. The second-order valence-electron chi connectivity index (χ2n) is 5.01. The molecule has 9 heteroatoms. The van der Waals surface area contributed by atoms with Crippen molar-refractivity contribution in [3.63, 3.8) is 0 Å². The Hall–Kier alpha value is -2.97. The van der Waals surface area contributed by atoms with Gasteiger partial charge >= 0.3 is 12.6 Å². The summed E-state index contributed by atoms with van der Waals surface area (Å²) in [6.07, 6.45) is 1.26. The molecule has 0 aliphatic heterocycles. The van der Waals surface area contributed by atoms with Crippen LogP contribution in [0.15, 0.2) is 30.5 Å². The second kappa shape index (κ2) is 7.07. The van der Waals surface area contributed by atoms with Crippen LogP contribution in [0.3, 0.4) is 0 Å². The Kier molecular flexibility index (Phi) is 5.12. The van der Waals surface area contributed by atoms with Crippen LogP contribution in [0.25, 0.3) is 0 Å². The van der Waals surface area contributed by atoms with Crippen LogP contribution in [0.2, 0.25) is 0 Å². The fraction of sp³-hybridized carbons (Fsp3) is 0.267. The van der Waals surface area contributed by atoms with E-state index in [4.69, 9.17) is 5.11 Å². The molecule has 1 unspecified atom stereocenters. The van der Waals surface area contributed by atoms with Crippen molar-refractivity contribution in [2.24, 2.45) is 0 Å². The lowest BCUT2D eigenvalue weighted by molar-refractivity contribution is -0.119. The van der Waals surface area contributed by atoms with Crippen molar-refractivity contribution in [1.82, 2.24) is 9.78 Å². The third-order valence-electron chi connectivity index (χ3n) is 3.24. The zero-order chi connectivity index (χ0) is 17.9. The lowest BCUT2D eigenvalue weighted by atomic mass is 10.2. The Balaban J connectivity index is 2.24. The van der Waals surface area contributed by atoms with Gasteiger partial charge in [-0.1, -0.05) is 6.07 Å². The van der Waals surface area contributed by atoms with Crippen molar-refractivity contribution in [3.05, 3.63) is 41.7 Å². The van der Waals surface area contributed by atoms with E-state index in [-0.39, 0.29) is 17.1 Å². The minimum atomic E-state index is -3.04. The highest BCUT2D eigenvalue weighted by Crippen LogP contribution is 2.28. The van der Waals surface area contributed by atoms with Gasteiger partial charge in [0.05, 0.1) is 5.69 Å². The zero-order valence-corrected chi connectivity index (χ0v) is 12.9. The van der Waals surface area contributed by atoms with Gasteiger partial charge in [-0.2, -0.15) is 13.9 Å². The normalized spacial score (nSPS) is 12.0. The summed E-state index contributed by atoms with van der Waals surface area (Å²) in [5.41, 5.74) is 0.631. The number of benzene rings is 1. The first kappa shape index (κ1) is 17.4. The van der Waals surface area contributed by atoms with Gasteiger partial charge in [-0.25, -0.2) is 9.48 Å². The van der Waals surface area contributed by atoms with Crippen LogP contribution >= 0.6 is 0 Å². The summed E-state index contributed by atoms with van der Waals surface area (Å²) in [5, 5.41) is 15.3. The number of aryl methyl sites for hydroxylation is 1. The summed E-state index contributed by atoms with van der Waals surface area (Å²) in [6, 6.07) is 4.64. The van der Waals surface area contributed by atoms with Crippen LogP contribution < -0.4 is 10.1 Å². The van der Waals surface area contributed by atoms with Crippen molar-refractivity contribution in [1.29, 1.82) is 0 Å². The highest BCUT2D eigenvalue weighted by Gasteiger charge is 2.22.